The van der Waals surface area contributed by atoms with Crippen molar-refractivity contribution in [1.29, 1.82) is 0 Å². The van der Waals surface area contributed by atoms with Crippen molar-refractivity contribution >= 4 is 11.8 Å². The number of hydrogen-bond donors (Lipinski definition) is 0. The highest BCUT2D eigenvalue weighted by Gasteiger charge is 2.64. The number of ether oxygens (including phenoxy) is 1. The largest absolute Gasteiger partial charge is 0.455 e. The molecule has 4 aliphatic rings. The summed E-state index contributed by atoms with van der Waals surface area (Å²) >= 11 is 0. The number of carbonyl (C=O) groups is 2. The molecule has 0 aromatic carbocycles. The molecule has 0 bridgehead atoms. The van der Waals surface area contributed by atoms with Crippen LogP contribution in [-0.2, 0) is 14.3 Å². The zero-order valence-corrected chi connectivity index (χ0v) is 17.1. The zero-order chi connectivity index (χ0) is 19.6. The molecule has 0 N–H and O–H groups in total. The van der Waals surface area contributed by atoms with E-state index >= 15 is 0 Å². The predicted octanol–water partition coefficient (Wildman–Crippen LogP) is 5.17. The van der Waals surface area contributed by atoms with E-state index in [1.165, 1.54) is 5.57 Å². The van der Waals surface area contributed by atoms with E-state index in [9.17, 15) is 9.59 Å². The lowest BCUT2D eigenvalue weighted by Crippen LogP contribution is -2.54. The van der Waals surface area contributed by atoms with Crippen molar-refractivity contribution in [1.82, 2.24) is 0 Å². The minimum atomic E-state index is -0.409. The molecule has 146 valence electrons. The van der Waals surface area contributed by atoms with Gasteiger partial charge in [0.25, 0.3) is 0 Å². The summed E-state index contributed by atoms with van der Waals surface area (Å²) < 4.78 is 6.05. The third kappa shape index (κ3) is 2.53. The zero-order valence-electron chi connectivity index (χ0n) is 17.1. The van der Waals surface area contributed by atoms with Crippen LogP contribution in [0.3, 0.4) is 0 Å². The Labute approximate surface area is 162 Å². The summed E-state index contributed by atoms with van der Waals surface area (Å²) in [6.45, 7) is 12.3. The second-order valence-electron chi connectivity index (χ2n) is 10.00. The number of rotatable bonds is 2. The highest BCUT2D eigenvalue weighted by Crippen LogP contribution is 2.67. The Morgan fingerprint density at radius 1 is 1.15 bits per heavy atom. The Kier molecular flexibility index (Phi) is 4.11. The van der Waals surface area contributed by atoms with Gasteiger partial charge in [-0.25, -0.2) is 4.79 Å². The Balaban J connectivity index is 1.64. The maximum atomic E-state index is 12.3. The van der Waals surface area contributed by atoms with E-state index in [0.29, 0.717) is 23.3 Å². The Morgan fingerprint density at radius 2 is 1.85 bits per heavy atom. The molecule has 3 nitrogen and oxygen atoms in total. The van der Waals surface area contributed by atoms with Gasteiger partial charge in [0.05, 0.1) is 0 Å². The Bertz CT molecular complexity index is 774. The topological polar surface area (TPSA) is 43.4 Å². The molecule has 0 spiro atoms. The molecule has 0 saturated heterocycles. The standard InChI is InChI=1S/C24H32O3/c1-15(2)21(26)27-24(5)13-10-20-18-7-6-16-14-17(25)8-11-22(16,3)19(18)9-12-23(20,24)4/h8,11,14,18-20H,1,6-7,9-10,12-13H2,2-5H3/t18?,19-,20-,22-,23-,24?/m0/s1. The molecule has 2 unspecified atom stereocenters. The average Bonchev–Trinajstić information content (AvgIpc) is 2.86. The molecule has 4 rings (SSSR count). The number of fused-ring (bicyclic) bond motifs is 5. The molecule has 0 heterocycles. The van der Waals surface area contributed by atoms with Crippen molar-refractivity contribution in [2.45, 2.75) is 71.8 Å². The highest BCUT2D eigenvalue weighted by molar-refractivity contribution is 6.01. The van der Waals surface area contributed by atoms with Gasteiger partial charge in [-0.1, -0.05) is 32.1 Å². The summed E-state index contributed by atoms with van der Waals surface area (Å²) in [6, 6.07) is 0. The van der Waals surface area contributed by atoms with E-state index in [0.717, 1.165) is 38.5 Å². The maximum absolute atomic E-state index is 12.3. The SMILES string of the molecule is C=C(C)C(=O)OC1(C)CC[C@H]2C3CCC4=CC(=O)C=C[C@]4(C)[C@H]3CC[C@@]21C. The third-order valence-electron chi connectivity index (χ3n) is 8.75. The monoisotopic (exact) mass is 368 g/mol. The molecule has 6 atom stereocenters. The van der Waals surface area contributed by atoms with Gasteiger partial charge in [-0.05, 0) is 82.3 Å². The number of ketones is 1. The highest BCUT2D eigenvalue weighted by atomic mass is 16.6. The van der Waals surface area contributed by atoms with Gasteiger partial charge < -0.3 is 4.74 Å². The predicted molar refractivity (Wildman–Crippen MR) is 106 cm³/mol. The van der Waals surface area contributed by atoms with E-state index in [-0.39, 0.29) is 22.6 Å². The number of allylic oxidation sites excluding steroid dienone is 4. The van der Waals surface area contributed by atoms with Crippen LogP contribution in [0.2, 0.25) is 0 Å². The van der Waals surface area contributed by atoms with Crippen molar-refractivity contribution in [3.05, 3.63) is 36.0 Å². The molecule has 4 aliphatic carbocycles. The molecule has 0 aromatic rings. The van der Waals surface area contributed by atoms with Gasteiger partial charge in [0.15, 0.2) is 5.78 Å². The van der Waals surface area contributed by atoms with Crippen LogP contribution >= 0.6 is 0 Å². The van der Waals surface area contributed by atoms with E-state index in [4.69, 9.17) is 4.74 Å². The Morgan fingerprint density at radius 3 is 2.56 bits per heavy atom. The van der Waals surface area contributed by atoms with Crippen LogP contribution in [0.25, 0.3) is 0 Å². The van der Waals surface area contributed by atoms with Crippen LogP contribution in [0.1, 0.15) is 66.2 Å². The quantitative estimate of drug-likeness (QED) is 0.499. The molecule has 3 saturated carbocycles. The molecule has 0 aromatic heterocycles. The van der Waals surface area contributed by atoms with Gasteiger partial charge in [-0.3, -0.25) is 4.79 Å². The first-order valence-corrected chi connectivity index (χ1v) is 10.4. The molecule has 0 radical (unpaired) electrons. The molecule has 0 aliphatic heterocycles. The van der Waals surface area contributed by atoms with Crippen molar-refractivity contribution in [3.8, 4) is 0 Å². The molecule has 3 fully saturated rings. The van der Waals surface area contributed by atoms with Crippen LogP contribution in [-0.4, -0.2) is 17.4 Å². The van der Waals surface area contributed by atoms with E-state index in [1.54, 1.807) is 13.0 Å². The van der Waals surface area contributed by atoms with Gasteiger partial charge in [0, 0.05) is 16.4 Å². The van der Waals surface area contributed by atoms with Gasteiger partial charge >= 0.3 is 5.97 Å². The summed E-state index contributed by atoms with van der Waals surface area (Å²) in [5.41, 5.74) is 1.44. The van der Waals surface area contributed by atoms with Crippen LogP contribution < -0.4 is 0 Å². The third-order valence-corrected chi connectivity index (χ3v) is 8.75. The second-order valence-corrected chi connectivity index (χ2v) is 10.00. The fourth-order valence-corrected chi connectivity index (χ4v) is 6.88. The van der Waals surface area contributed by atoms with Gasteiger partial charge in [-0.15, -0.1) is 0 Å². The summed E-state index contributed by atoms with van der Waals surface area (Å²) in [5.74, 6) is 1.68. The van der Waals surface area contributed by atoms with Crippen molar-refractivity contribution in [3.63, 3.8) is 0 Å². The lowest BCUT2D eigenvalue weighted by Gasteiger charge is -2.58. The van der Waals surface area contributed by atoms with E-state index < -0.39 is 5.60 Å². The van der Waals surface area contributed by atoms with Crippen LogP contribution in [0.15, 0.2) is 36.0 Å². The number of esters is 1. The maximum Gasteiger partial charge on any atom is 0.333 e. The number of carbonyl (C=O) groups excluding carboxylic acids is 2. The minimum absolute atomic E-state index is 0.0189. The number of hydrogen-bond acceptors (Lipinski definition) is 3. The van der Waals surface area contributed by atoms with Crippen molar-refractivity contribution < 1.29 is 14.3 Å². The molecular formula is C24H32O3. The average molecular weight is 369 g/mol. The molecule has 3 heteroatoms. The van der Waals surface area contributed by atoms with Crippen molar-refractivity contribution in [2.24, 2.45) is 28.6 Å². The molecular weight excluding hydrogens is 336 g/mol. The van der Waals surface area contributed by atoms with Crippen LogP contribution in [0.4, 0.5) is 0 Å². The van der Waals surface area contributed by atoms with Gasteiger partial charge in [-0.2, -0.15) is 0 Å². The summed E-state index contributed by atoms with van der Waals surface area (Å²) in [5, 5.41) is 0. The van der Waals surface area contributed by atoms with Crippen molar-refractivity contribution in [2.75, 3.05) is 0 Å². The van der Waals surface area contributed by atoms with Crippen LogP contribution in [0, 0.1) is 28.6 Å². The van der Waals surface area contributed by atoms with E-state index in [2.05, 4.69) is 33.4 Å². The first kappa shape index (κ1) is 18.7. The van der Waals surface area contributed by atoms with Gasteiger partial charge in [0.2, 0.25) is 0 Å². The summed E-state index contributed by atoms with van der Waals surface area (Å²) in [7, 11) is 0. The molecule has 27 heavy (non-hydrogen) atoms. The first-order chi connectivity index (χ1) is 12.6. The normalized spacial score (nSPS) is 45.4. The second kappa shape index (κ2) is 5.93. The fraction of sp³-hybridized carbons (Fsp3) is 0.667. The van der Waals surface area contributed by atoms with Gasteiger partial charge in [0.1, 0.15) is 5.60 Å². The van der Waals surface area contributed by atoms with E-state index in [1.807, 2.05) is 6.08 Å². The Hall–Kier alpha value is -1.64. The molecule has 0 amide bonds. The lowest BCUT2D eigenvalue weighted by atomic mass is 9.47. The smallest absolute Gasteiger partial charge is 0.333 e. The summed E-state index contributed by atoms with van der Waals surface area (Å²) in [6.07, 6.45) is 12.3. The van der Waals surface area contributed by atoms with Crippen LogP contribution in [0.5, 0.6) is 0 Å². The summed E-state index contributed by atoms with van der Waals surface area (Å²) in [4.78, 5) is 24.2. The minimum Gasteiger partial charge on any atom is -0.455 e. The lowest BCUT2D eigenvalue weighted by molar-refractivity contribution is -0.174. The first-order valence-electron chi connectivity index (χ1n) is 10.4. The fourth-order valence-electron chi connectivity index (χ4n) is 6.88.